The highest BCUT2D eigenvalue weighted by atomic mass is 32.2. The second-order valence-corrected chi connectivity index (χ2v) is 5.34. The van der Waals surface area contributed by atoms with Crippen LogP contribution in [0.15, 0.2) is 43.0 Å². The molecule has 0 amide bonds. The molecule has 0 aliphatic carbocycles. The fourth-order valence-electron chi connectivity index (χ4n) is 2.19. The SMILES string of the molecule is COc1ccc2c(-n3cnc(CNS(=O)O)c3)ccnc2c1. The van der Waals surface area contributed by atoms with E-state index in [1.54, 1.807) is 25.8 Å². The van der Waals surface area contributed by atoms with Crippen LogP contribution in [0.5, 0.6) is 5.75 Å². The van der Waals surface area contributed by atoms with Gasteiger partial charge in [-0.3, -0.25) is 9.54 Å². The average Bonchev–Trinajstić information content (AvgIpc) is 3.00. The predicted octanol–water partition coefficient (Wildman–Crippen LogP) is 1.66. The molecule has 114 valence electrons. The molecule has 22 heavy (non-hydrogen) atoms. The van der Waals surface area contributed by atoms with Crippen molar-refractivity contribution in [2.75, 3.05) is 7.11 Å². The summed E-state index contributed by atoms with van der Waals surface area (Å²) >= 11 is -2.05. The monoisotopic (exact) mass is 318 g/mol. The molecule has 1 unspecified atom stereocenters. The molecule has 3 aromatic rings. The van der Waals surface area contributed by atoms with Crippen LogP contribution in [0.2, 0.25) is 0 Å². The third-order valence-corrected chi connectivity index (χ3v) is 3.61. The van der Waals surface area contributed by atoms with Crippen LogP contribution in [0.4, 0.5) is 0 Å². The van der Waals surface area contributed by atoms with Gasteiger partial charge in [0.2, 0.25) is 11.3 Å². The highest BCUT2D eigenvalue weighted by molar-refractivity contribution is 7.77. The molecule has 3 rings (SSSR count). The first-order chi connectivity index (χ1) is 10.7. The predicted molar refractivity (Wildman–Crippen MR) is 83.0 cm³/mol. The molecule has 0 aliphatic rings. The molecule has 8 heteroatoms. The van der Waals surface area contributed by atoms with Crippen molar-refractivity contribution >= 4 is 22.2 Å². The van der Waals surface area contributed by atoms with E-state index < -0.39 is 11.3 Å². The normalized spacial score (nSPS) is 12.5. The van der Waals surface area contributed by atoms with E-state index in [-0.39, 0.29) is 6.54 Å². The van der Waals surface area contributed by atoms with Gasteiger partial charge in [-0.1, -0.05) is 0 Å². The molecule has 0 fully saturated rings. The van der Waals surface area contributed by atoms with E-state index in [0.29, 0.717) is 5.69 Å². The van der Waals surface area contributed by atoms with Crippen molar-refractivity contribution in [2.45, 2.75) is 6.54 Å². The lowest BCUT2D eigenvalue weighted by Gasteiger charge is -2.08. The van der Waals surface area contributed by atoms with Gasteiger partial charge >= 0.3 is 0 Å². The minimum atomic E-state index is -2.05. The number of nitrogens with one attached hydrogen (secondary N) is 1. The largest absolute Gasteiger partial charge is 0.497 e. The first-order valence-electron chi connectivity index (χ1n) is 6.48. The average molecular weight is 318 g/mol. The van der Waals surface area contributed by atoms with Gasteiger partial charge in [0, 0.05) is 23.8 Å². The zero-order valence-corrected chi connectivity index (χ0v) is 12.6. The van der Waals surface area contributed by atoms with Crippen molar-refractivity contribution in [3.05, 3.63) is 48.7 Å². The van der Waals surface area contributed by atoms with Gasteiger partial charge in [-0.05, 0) is 18.2 Å². The Labute approximate surface area is 129 Å². The van der Waals surface area contributed by atoms with Crippen LogP contribution in [0, 0.1) is 0 Å². The second kappa shape index (κ2) is 6.22. The Bertz CT molecular complexity index is 834. The van der Waals surface area contributed by atoms with Crippen LogP contribution in [-0.2, 0) is 17.8 Å². The number of hydrogen-bond donors (Lipinski definition) is 2. The van der Waals surface area contributed by atoms with E-state index in [1.165, 1.54) is 0 Å². The number of rotatable bonds is 5. The molecule has 2 aromatic heterocycles. The summed E-state index contributed by atoms with van der Waals surface area (Å²) in [4.78, 5) is 8.56. The maximum atomic E-state index is 10.6. The minimum absolute atomic E-state index is 0.215. The first kappa shape index (κ1) is 14.6. The standard InChI is InChI=1S/C14H14N4O3S/c1-21-11-2-3-12-13(6-11)15-5-4-14(12)18-8-10(16-9-18)7-17-22(19)20/h2-6,8-9,17H,7H2,1H3,(H,19,20). The van der Waals surface area contributed by atoms with E-state index >= 15 is 0 Å². The summed E-state index contributed by atoms with van der Waals surface area (Å²) in [5, 5.41) is 0.964. The second-order valence-electron chi connectivity index (χ2n) is 4.56. The van der Waals surface area contributed by atoms with Gasteiger partial charge in [-0.25, -0.2) is 13.9 Å². The number of imidazole rings is 1. The van der Waals surface area contributed by atoms with Gasteiger partial charge in [0.25, 0.3) is 0 Å². The summed E-state index contributed by atoms with van der Waals surface area (Å²) in [6, 6.07) is 7.57. The van der Waals surface area contributed by atoms with Crippen LogP contribution >= 0.6 is 0 Å². The van der Waals surface area contributed by atoms with Crippen molar-refractivity contribution in [1.82, 2.24) is 19.3 Å². The number of aromatic nitrogens is 3. The highest BCUT2D eigenvalue weighted by Crippen LogP contribution is 2.24. The summed E-state index contributed by atoms with van der Waals surface area (Å²) in [6.07, 6.45) is 5.19. The molecule has 2 N–H and O–H groups in total. The van der Waals surface area contributed by atoms with Gasteiger partial charge in [-0.15, -0.1) is 0 Å². The number of fused-ring (bicyclic) bond motifs is 1. The topological polar surface area (TPSA) is 89.3 Å². The summed E-state index contributed by atoms with van der Waals surface area (Å²) in [5.74, 6) is 0.748. The number of methoxy groups -OCH3 is 1. The Morgan fingerprint density at radius 1 is 1.36 bits per heavy atom. The van der Waals surface area contributed by atoms with Crippen molar-refractivity contribution in [1.29, 1.82) is 0 Å². The highest BCUT2D eigenvalue weighted by Gasteiger charge is 2.07. The molecule has 1 aromatic carbocycles. The lowest BCUT2D eigenvalue weighted by Crippen LogP contribution is -2.15. The minimum Gasteiger partial charge on any atom is -0.497 e. The maximum Gasteiger partial charge on any atom is 0.232 e. The smallest absolute Gasteiger partial charge is 0.232 e. The van der Waals surface area contributed by atoms with Crippen molar-refractivity contribution in [3.63, 3.8) is 0 Å². The quantitative estimate of drug-likeness (QED) is 0.698. The van der Waals surface area contributed by atoms with Crippen LogP contribution < -0.4 is 9.46 Å². The number of hydrogen-bond acceptors (Lipinski definition) is 4. The summed E-state index contributed by atoms with van der Waals surface area (Å²) in [7, 11) is 1.62. The molecule has 7 nitrogen and oxygen atoms in total. The van der Waals surface area contributed by atoms with Gasteiger partial charge in [0.1, 0.15) is 5.75 Å². The molecule has 0 bridgehead atoms. The van der Waals surface area contributed by atoms with Crippen molar-refractivity contribution < 1.29 is 13.5 Å². The Morgan fingerprint density at radius 3 is 3.00 bits per heavy atom. The van der Waals surface area contributed by atoms with E-state index in [0.717, 1.165) is 22.3 Å². The Kier molecular flexibility index (Phi) is 4.14. The molecular formula is C14H14N4O3S. The fraction of sp³-hybridized carbons (Fsp3) is 0.143. The lowest BCUT2D eigenvalue weighted by atomic mass is 10.2. The van der Waals surface area contributed by atoms with Gasteiger partial charge < -0.3 is 9.30 Å². The third-order valence-electron chi connectivity index (χ3n) is 3.22. The van der Waals surface area contributed by atoms with E-state index in [4.69, 9.17) is 9.29 Å². The molecule has 0 radical (unpaired) electrons. The molecule has 2 heterocycles. The third kappa shape index (κ3) is 2.98. The molecule has 0 saturated heterocycles. The molecule has 0 aliphatic heterocycles. The molecule has 0 spiro atoms. The van der Waals surface area contributed by atoms with E-state index in [9.17, 15) is 4.21 Å². The van der Waals surface area contributed by atoms with Crippen LogP contribution in [0.1, 0.15) is 5.69 Å². The molecule has 0 saturated carbocycles. The summed E-state index contributed by atoms with van der Waals surface area (Å²) < 4.78 is 28.8. The maximum absolute atomic E-state index is 10.6. The van der Waals surface area contributed by atoms with Gasteiger partial charge in [0.15, 0.2) is 0 Å². The van der Waals surface area contributed by atoms with Gasteiger partial charge in [-0.2, -0.15) is 0 Å². The summed E-state index contributed by atoms with van der Waals surface area (Å²) in [5.41, 5.74) is 2.42. The Hall–Kier alpha value is -2.29. The zero-order chi connectivity index (χ0) is 15.5. The lowest BCUT2D eigenvalue weighted by molar-refractivity contribution is 0.415. The van der Waals surface area contributed by atoms with Crippen LogP contribution in [0.25, 0.3) is 16.6 Å². The molecule has 1 atom stereocenters. The van der Waals surface area contributed by atoms with E-state index in [2.05, 4.69) is 14.7 Å². The number of benzene rings is 1. The number of pyridine rings is 1. The van der Waals surface area contributed by atoms with Crippen molar-refractivity contribution in [3.8, 4) is 11.4 Å². The van der Waals surface area contributed by atoms with Gasteiger partial charge in [0.05, 0.1) is 36.9 Å². The number of nitrogens with zero attached hydrogens (tertiary/aromatic N) is 3. The summed E-state index contributed by atoms with van der Waals surface area (Å²) in [6.45, 7) is 0.215. The van der Waals surface area contributed by atoms with Crippen LogP contribution in [0.3, 0.4) is 0 Å². The molecular weight excluding hydrogens is 304 g/mol. The van der Waals surface area contributed by atoms with Crippen LogP contribution in [-0.4, -0.2) is 30.4 Å². The Morgan fingerprint density at radius 2 is 2.23 bits per heavy atom. The Balaban J connectivity index is 1.97. The van der Waals surface area contributed by atoms with E-state index in [1.807, 2.05) is 28.8 Å². The number of ether oxygens (including phenoxy) is 1. The first-order valence-corrected chi connectivity index (χ1v) is 7.58. The van der Waals surface area contributed by atoms with Crippen molar-refractivity contribution in [2.24, 2.45) is 0 Å². The zero-order valence-electron chi connectivity index (χ0n) is 11.8. The fourth-order valence-corrected chi connectivity index (χ4v) is 2.46.